The molecule has 1 nitrogen and oxygen atoms in total. The van der Waals surface area contributed by atoms with Gasteiger partial charge in [0.1, 0.15) is 0 Å². The fourth-order valence-corrected chi connectivity index (χ4v) is 1.27. The van der Waals surface area contributed by atoms with Crippen molar-refractivity contribution in [3.63, 3.8) is 0 Å². The lowest BCUT2D eigenvalue weighted by atomic mass is 10.0. The van der Waals surface area contributed by atoms with E-state index in [0.29, 0.717) is 11.1 Å². The summed E-state index contributed by atoms with van der Waals surface area (Å²) in [5.41, 5.74) is 5.84. The standard InChI is InChI=1S/C11H12F3N/c1-7-3-4-9(8(2)6-15)5-10(7)11(12,13)14/h3-5H,2,6,15H2,1H3. The van der Waals surface area contributed by atoms with Crippen LogP contribution in [-0.4, -0.2) is 6.54 Å². The molecule has 0 bridgehead atoms. The van der Waals surface area contributed by atoms with Crippen LogP contribution in [0.3, 0.4) is 0 Å². The average Bonchev–Trinajstić information content (AvgIpc) is 2.15. The zero-order chi connectivity index (χ0) is 11.6. The third-order valence-corrected chi connectivity index (χ3v) is 2.20. The van der Waals surface area contributed by atoms with E-state index < -0.39 is 11.7 Å². The molecule has 0 saturated heterocycles. The largest absolute Gasteiger partial charge is 0.416 e. The van der Waals surface area contributed by atoms with Crippen LogP contribution in [0.5, 0.6) is 0 Å². The monoisotopic (exact) mass is 215 g/mol. The summed E-state index contributed by atoms with van der Waals surface area (Å²) in [6.07, 6.45) is -4.32. The first-order valence-electron chi connectivity index (χ1n) is 4.42. The first-order chi connectivity index (χ1) is 6.86. The van der Waals surface area contributed by atoms with Crippen LogP contribution in [-0.2, 0) is 6.18 Å². The van der Waals surface area contributed by atoms with Gasteiger partial charge in [-0.25, -0.2) is 0 Å². The molecule has 1 aromatic carbocycles. The van der Waals surface area contributed by atoms with Gasteiger partial charge < -0.3 is 5.73 Å². The van der Waals surface area contributed by atoms with Crippen molar-refractivity contribution in [1.82, 2.24) is 0 Å². The molecule has 0 saturated carbocycles. The molecule has 0 spiro atoms. The molecule has 2 N–H and O–H groups in total. The highest BCUT2D eigenvalue weighted by Gasteiger charge is 2.32. The molecule has 82 valence electrons. The number of nitrogens with two attached hydrogens (primary N) is 1. The Kier molecular flexibility index (Phi) is 3.19. The highest BCUT2D eigenvalue weighted by atomic mass is 19.4. The van der Waals surface area contributed by atoms with Crippen LogP contribution < -0.4 is 5.73 Å². The Hall–Kier alpha value is -1.29. The summed E-state index contributed by atoms with van der Waals surface area (Å²) in [6.45, 7) is 5.19. The number of rotatable bonds is 2. The first-order valence-corrected chi connectivity index (χ1v) is 4.42. The van der Waals surface area contributed by atoms with Gasteiger partial charge in [-0.3, -0.25) is 0 Å². The van der Waals surface area contributed by atoms with Gasteiger partial charge in [0.15, 0.2) is 0 Å². The number of alkyl halides is 3. The highest BCUT2D eigenvalue weighted by Crippen LogP contribution is 2.33. The van der Waals surface area contributed by atoms with E-state index in [0.717, 1.165) is 6.07 Å². The molecular formula is C11H12F3N. The Morgan fingerprint density at radius 3 is 2.47 bits per heavy atom. The Balaban J connectivity index is 3.23. The predicted octanol–water partition coefficient (Wildman–Crippen LogP) is 2.99. The SMILES string of the molecule is C=C(CN)c1ccc(C)c(C(F)(F)F)c1. The van der Waals surface area contributed by atoms with Gasteiger partial charge in [-0.1, -0.05) is 18.7 Å². The molecule has 1 rings (SSSR count). The van der Waals surface area contributed by atoms with Crippen LogP contribution in [0.25, 0.3) is 5.57 Å². The first kappa shape index (κ1) is 11.8. The summed E-state index contributed by atoms with van der Waals surface area (Å²) in [5, 5.41) is 0. The molecule has 0 unspecified atom stereocenters. The lowest BCUT2D eigenvalue weighted by Gasteiger charge is -2.12. The molecule has 0 fully saturated rings. The zero-order valence-electron chi connectivity index (χ0n) is 8.36. The third kappa shape index (κ3) is 2.59. The van der Waals surface area contributed by atoms with E-state index in [1.54, 1.807) is 6.07 Å². The van der Waals surface area contributed by atoms with E-state index in [1.165, 1.54) is 13.0 Å². The van der Waals surface area contributed by atoms with E-state index in [-0.39, 0.29) is 12.1 Å². The van der Waals surface area contributed by atoms with Crippen LogP contribution in [0.1, 0.15) is 16.7 Å². The topological polar surface area (TPSA) is 26.0 Å². The summed E-state index contributed by atoms with van der Waals surface area (Å²) in [5.74, 6) is 0. The molecule has 1 aromatic rings. The van der Waals surface area contributed by atoms with Crippen molar-refractivity contribution in [3.05, 3.63) is 41.5 Å². The summed E-state index contributed by atoms with van der Waals surface area (Å²) in [7, 11) is 0. The van der Waals surface area contributed by atoms with Crippen LogP contribution in [0.4, 0.5) is 13.2 Å². The predicted molar refractivity (Wildman–Crippen MR) is 54.3 cm³/mol. The van der Waals surface area contributed by atoms with Gasteiger partial charge in [0, 0.05) is 6.54 Å². The van der Waals surface area contributed by atoms with Gasteiger partial charge >= 0.3 is 6.18 Å². The van der Waals surface area contributed by atoms with E-state index >= 15 is 0 Å². The second-order valence-electron chi connectivity index (χ2n) is 3.34. The van der Waals surface area contributed by atoms with Crippen molar-refractivity contribution >= 4 is 5.57 Å². The van der Waals surface area contributed by atoms with E-state index in [4.69, 9.17) is 5.73 Å². The number of benzene rings is 1. The van der Waals surface area contributed by atoms with Crippen molar-refractivity contribution in [2.24, 2.45) is 5.73 Å². The maximum atomic E-state index is 12.5. The quantitative estimate of drug-likeness (QED) is 0.806. The number of hydrogen-bond donors (Lipinski definition) is 1. The van der Waals surface area contributed by atoms with Gasteiger partial charge in [0.05, 0.1) is 5.56 Å². The Labute approximate surface area is 86.4 Å². The summed E-state index contributed by atoms with van der Waals surface area (Å²) < 4.78 is 37.6. The van der Waals surface area contributed by atoms with Crippen LogP contribution >= 0.6 is 0 Å². The normalized spacial score (nSPS) is 11.5. The number of halogens is 3. The smallest absolute Gasteiger partial charge is 0.326 e. The van der Waals surface area contributed by atoms with E-state index in [1.807, 2.05) is 0 Å². The molecule has 0 heterocycles. The molecule has 0 atom stereocenters. The zero-order valence-corrected chi connectivity index (χ0v) is 8.36. The van der Waals surface area contributed by atoms with Crippen molar-refractivity contribution in [2.45, 2.75) is 13.1 Å². The molecule has 0 radical (unpaired) electrons. The van der Waals surface area contributed by atoms with Crippen molar-refractivity contribution in [2.75, 3.05) is 6.54 Å². The number of hydrogen-bond acceptors (Lipinski definition) is 1. The maximum absolute atomic E-state index is 12.5. The molecule has 0 amide bonds. The van der Waals surface area contributed by atoms with Crippen molar-refractivity contribution in [1.29, 1.82) is 0 Å². The molecule has 15 heavy (non-hydrogen) atoms. The maximum Gasteiger partial charge on any atom is 0.416 e. The Morgan fingerprint density at radius 1 is 1.40 bits per heavy atom. The van der Waals surface area contributed by atoms with Crippen LogP contribution in [0.2, 0.25) is 0 Å². The summed E-state index contributed by atoms with van der Waals surface area (Å²) in [4.78, 5) is 0. The average molecular weight is 215 g/mol. The van der Waals surface area contributed by atoms with E-state index in [2.05, 4.69) is 6.58 Å². The van der Waals surface area contributed by atoms with Crippen LogP contribution in [0.15, 0.2) is 24.8 Å². The molecule has 0 aliphatic rings. The lowest BCUT2D eigenvalue weighted by Crippen LogP contribution is -2.09. The van der Waals surface area contributed by atoms with Crippen molar-refractivity contribution in [3.8, 4) is 0 Å². The van der Waals surface area contributed by atoms with Gasteiger partial charge in [0.2, 0.25) is 0 Å². The fourth-order valence-electron chi connectivity index (χ4n) is 1.27. The van der Waals surface area contributed by atoms with Gasteiger partial charge in [0.25, 0.3) is 0 Å². The number of aryl methyl sites for hydroxylation is 1. The Bertz CT molecular complexity index is 380. The Morgan fingerprint density at radius 2 is 2.00 bits per heavy atom. The highest BCUT2D eigenvalue weighted by molar-refractivity contribution is 5.65. The summed E-state index contributed by atoms with van der Waals surface area (Å²) >= 11 is 0. The second kappa shape index (κ2) is 4.06. The molecule has 0 aliphatic heterocycles. The third-order valence-electron chi connectivity index (χ3n) is 2.20. The fraction of sp³-hybridized carbons (Fsp3) is 0.273. The van der Waals surface area contributed by atoms with E-state index in [9.17, 15) is 13.2 Å². The lowest BCUT2D eigenvalue weighted by molar-refractivity contribution is -0.138. The molecule has 0 aliphatic carbocycles. The minimum atomic E-state index is -4.32. The van der Waals surface area contributed by atoms with Crippen LogP contribution in [0, 0.1) is 6.92 Å². The van der Waals surface area contributed by atoms with Gasteiger partial charge in [-0.2, -0.15) is 13.2 Å². The second-order valence-corrected chi connectivity index (χ2v) is 3.34. The van der Waals surface area contributed by atoms with Gasteiger partial charge in [-0.05, 0) is 29.7 Å². The molecule has 4 heteroatoms. The molecule has 0 aromatic heterocycles. The van der Waals surface area contributed by atoms with Gasteiger partial charge in [-0.15, -0.1) is 0 Å². The minimum Gasteiger partial charge on any atom is -0.326 e. The minimum absolute atomic E-state index is 0.153. The summed E-state index contributed by atoms with van der Waals surface area (Å²) in [6, 6.07) is 4.11. The van der Waals surface area contributed by atoms with Crippen molar-refractivity contribution < 1.29 is 13.2 Å². The molecular weight excluding hydrogens is 203 g/mol.